The molecule has 1 unspecified atom stereocenters. The van der Waals surface area contributed by atoms with Crippen molar-refractivity contribution in [2.45, 2.75) is 45.1 Å². The Morgan fingerprint density at radius 1 is 1.47 bits per heavy atom. The molecule has 80 valence electrons. The van der Waals surface area contributed by atoms with Gasteiger partial charge in [-0.2, -0.15) is 0 Å². The van der Waals surface area contributed by atoms with Crippen molar-refractivity contribution in [3.63, 3.8) is 0 Å². The van der Waals surface area contributed by atoms with Crippen molar-refractivity contribution in [2.24, 2.45) is 5.41 Å². The zero-order valence-electron chi connectivity index (χ0n) is 9.08. The van der Waals surface area contributed by atoms with Gasteiger partial charge in [0.1, 0.15) is 6.10 Å². The normalized spacial score (nSPS) is 30.6. The first-order valence-corrected chi connectivity index (χ1v) is 5.78. The third-order valence-electron chi connectivity index (χ3n) is 3.85. The van der Waals surface area contributed by atoms with Crippen molar-refractivity contribution in [1.29, 1.82) is 0 Å². The fourth-order valence-electron chi connectivity index (χ4n) is 2.79. The Hall–Kier alpha value is -1.05. The van der Waals surface area contributed by atoms with Crippen molar-refractivity contribution < 1.29 is 9.53 Å². The molecule has 1 atom stereocenters. The summed E-state index contributed by atoms with van der Waals surface area (Å²) in [6, 6.07) is 0. The van der Waals surface area contributed by atoms with E-state index < -0.39 is 0 Å². The molecule has 0 heterocycles. The molecule has 0 saturated heterocycles. The highest BCUT2D eigenvalue weighted by Gasteiger charge is 2.45. The van der Waals surface area contributed by atoms with Crippen LogP contribution in [0.1, 0.15) is 39.0 Å². The Bertz CT molecular complexity index is 372. The molecular weight excluding hydrogens is 188 g/mol. The summed E-state index contributed by atoms with van der Waals surface area (Å²) in [6.45, 7) is 1.49. The third kappa shape index (κ3) is 1.52. The van der Waals surface area contributed by atoms with E-state index in [0.29, 0.717) is 5.41 Å². The standard InChI is InChI=1S/C13H16O2/c1-9(14)15-12-3-2-10-4-5-13(6-7-13)8-11(10)12/h2,8,12H,3-7H2,1H3. The van der Waals surface area contributed by atoms with Crippen LogP contribution in [0.15, 0.2) is 23.3 Å². The predicted octanol–water partition coefficient (Wildman–Crippen LogP) is 2.75. The number of allylic oxidation sites excluding steroid dienone is 1. The van der Waals surface area contributed by atoms with Crippen LogP contribution in [0.5, 0.6) is 0 Å². The fraction of sp³-hybridized carbons (Fsp3) is 0.615. The summed E-state index contributed by atoms with van der Waals surface area (Å²) in [5, 5.41) is 0. The van der Waals surface area contributed by atoms with Gasteiger partial charge in [-0.3, -0.25) is 4.79 Å². The van der Waals surface area contributed by atoms with Gasteiger partial charge in [-0.15, -0.1) is 0 Å². The summed E-state index contributed by atoms with van der Waals surface area (Å²) < 4.78 is 5.34. The van der Waals surface area contributed by atoms with Gasteiger partial charge in [0.2, 0.25) is 0 Å². The van der Waals surface area contributed by atoms with E-state index >= 15 is 0 Å². The number of rotatable bonds is 1. The molecule has 3 aliphatic carbocycles. The van der Waals surface area contributed by atoms with E-state index in [0.717, 1.165) is 6.42 Å². The number of hydrogen-bond donors (Lipinski definition) is 0. The van der Waals surface area contributed by atoms with Crippen LogP contribution in [0.2, 0.25) is 0 Å². The second-order valence-electron chi connectivity index (χ2n) is 5.03. The predicted molar refractivity (Wildman–Crippen MR) is 57.2 cm³/mol. The summed E-state index contributed by atoms with van der Waals surface area (Å²) in [4.78, 5) is 11.0. The Balaban J connectivity index is 1.85. The minimum Gasteiger partial charge on any atom is -0.457 e. The second kappa shape index (κ2) is 2.97. The lowest BCUT2D eigenvalue weighted by Gasteiger charge is -2.23. The summed E-state index contributed by atoms with van der Waals surface area (Å²) in [7, 11) is 0. The van der Waals surface area contributed by atoms with Gasteiger partial charge in [-0.1, -0.05) is 12.2 Å². The Kier molecular flexibility index (Phi) is 1.82. The molecular formula is C13H16O2. The van der Waals surface area contributed by atoms with Gasteiger partial charge in [0.25, 0.3) is 0 Å². The number of esters is 1. The van der Waals surface area contributed by atoms with Crippen molar-refractivity contribution in [3.8, 4) is 0 Å². The molecule has 1 saturated carbocycles. The number of ether oxygens (including phenoxy) is 1. The van der Waals surface area contributed by atoms with Gasteiger partial charge >= 0.3 is 5.97 Å². The summed E-state index contributed by atoms with van der Waals surface area (Å²) in [5.74, 6) is -0.161. The molecule has 0 bridgehead atoms. The molecule has 0 radical (unpaired) electrons. The van der Waals surface area contributed by atoms with E-state index in [-0.39, 0.29) is 12.1 Å². The van der Waals surface area contributed by atoms with Crippen LogP contribution in [0.4, 0.5) is 0 Å². The van der Waals surface area contributed by atoms with E-state index in [2.05, 4.69) is 12.2 Å². The quantitative estimate of drug-likeness (QED) is 0.614. The van der Waals surface area contributed by atoms with Crippen LogP contribution in [0.25, 0.3) is 0 Å². The van der Waals surface area contributed by atoms with Gasteiger partial charge in [0, 0.05) is 13.3 Å². The van der Waals surface area contributed by atoms with Crippen LogP contribution in [-0.2, 0) is 9.53 Å². The average Bonchev–Trinajstić information content (AvgIpc) is 2.82. The maximum atomic E-state index is 11.0. The lowest BCUT2D eigenvalue weighted by atomic mass is 9.85. The largest absolute Gasteiger partial charge is 0.457 e. The molecule has 0 N–H and O–H groups in total. The lowest BCUT2D eigenvalue weighted by molar-refractivity contribution is -0.144. The average molecular weight is 204 g/mol. The van der Waals surface area contributed by atoms with Crippen LogP contribution in [0, 0.1) is 5.41 Å². The van der Waals surface area contributed by atoms with Gasteiger partial charge in [-0.25, -0.2) is 0 Å². The third-order valence-corrected chi connectivity index (χ3v) is 3.85. The first kappa shape index (κ1) is 9.20. The zero-order valence-corrected chi connectivity index (χ0v) is 9.08. The molecule has 0 amide bonds. The Morgan fingerprint density at radius 2 is 2.27 bits per heavy atom. The number of hydrogen-bond acceptors (Lipinski definition) is 2. The minimum absolute atomic E-state index is 0.0234. The molecule has 3 aliphatic rings. The Labute approximate surface area is 90.0 Å². The molecule has 0 aromatic carbocycles. The van der Waals surface area contributed by atoms with Crippen molar-refractivity contribution in [1.82, 2.24) is 0 Å². The maximum Gasteiger partial charge on any atom is 0.303 e. The highest BCUT2D eigenvalue weighted by molar-refractivity contribution is 5.67. The molecule has 2 nitrogen and oxygen atoms in total. The Morgan fingerprint density at radius 3 is 2.93 bits per heavy atom. The molecule has 0 aromatic rings. The zero-order chi connectivity index (χ0) is 10.5. The highest BCUT2D eigenvalue weighted by atomic mass is 16.5. The molecule has 2 heteroatoms. The highest BCUT2D eigenvalue weighted by Crippen LogP contribution is 2.56. The topological polar surface area (TPSA) is 26.3 Å². The minimum atomic E-state index is -0.161. The van der Waals surface area contributed by atoms with E-state index in [1.807, 2.05) is 0 Å². The van der Waals surface area contributed by atoms with Gasteiger partial charge < -0.3 is 4.74 Å². The summed E-state index contributed by atoms with van der Waals surface area (Å²) in [5.41, 5.74) is 3.24. The molecule has 0 aromatic heterocycles. The monoisotopic (exact) mass is 204 g/mol. The van der Waals surface area contributed by atoms with E-state index in [1.165, 1.54) is 43.8 Å². The fourth-order valence-corrected chi connectivity index (χ4v) is 2.79. The van der Waals surface area contributed by atoms with Crippen LogP contribution < -0.4 is 0 Å². The molecule has 0 aliphatic heterocycles. The van der Waals surface area contributed by atoms with Crippen molar-refractivity contribution in [3.05, 3.63) is 23.3 Å². The number of carbonyl (C=O) groups excluding carboxylic acids is 1. The number of fused-ring (bicyclic) bond motifs is 1. The smallest absolute Gasteiger partial charge is 0.303 e. The van der Waals surface area contributed by atoms with E-state index in [1.54, 1.807) is 0 Å². The molecule has 1 fully saturated rings. The van der Waals surface area contributed by atoms with Gasteiger partial charge in [0.15, 0.2) is 0 Å². The van der Waals surface area contributed by atoms with E-state index in [9.17, 15) is 4.79 Å². The summed E-state index contributed by atoms with van der Waals surface area (Å²) in [6.07, 6.45) is 10.7. The number of carbonyl (C=O) groups is 1. The van der Waals surface area contributed by atoms with Gasteiger partial charge in [0.05, 0.1) is 0 Å². The first-order valence-electron chi connectivity index (χ1n) is 5.78. The molecule has 15 heavy (non-hydrogen) atoms. The first-order chi connectivity index (χ1) is 7.19. The van der Waals surface area contributed by atoms with Crippen LogP contribution >= 0.6 is 0 Å². The lowest BCUT2D eigenvalue weighted by Crippen LogP contribution is -2.19. The maximum absolute atomic E-state index is 11.0. The molecule has 3 rings (SSSR count). The van der Waals surface area contributed by atoms with Crippen LogP contribution in [-0.4, -0.2) is 12.1 Å². The van der Waals surface area contributed by atoms with Gasteiger partial charge in [-0.05, 0) is 42.2 Å². The second-order valence-corrected chi connectivity index (χ2v) is 5.03. The summed E-state index contributed by atoms with van der Waals surface area (Å²) >= 11 is 0. The van der Waals surface area contributed by atoms with E-state index in [4.69, 9.17) is 4.74 Å². The molecule has 1 spiro atoms. The van der Waals surface area contributed by atoms with Crippen LogP contribution in [0.3, 0.4) is 0 Å². The van der Waals surface area contributed by atoms with Crippen molar-refractivity contribution >= 4 is 5.97 Å². The SMILES string of the molecule is CC(=O)OC1CC=C2CCC3(C=C21)CC3. The van der Waals surface area contributed by atoms with Crippen molar-refractivity contribution in [2.75, 3.05) is 0 Å².